The molecule has 0 saturated carbocycles. The summed E-state index contributed by atoms with van der Waals surface area (Å²) in [6.45, 7) is 21.7. The van der Waals surface area contributed by atoms with Crippen molar-refractivity contribution in [2.75, 3.05) is 9.71 Å². The van der Waals surface area contributed by atoms with Crippen LogP contribution < -0.4 is 20.6 Å². The van der Waals surface area contributed by atoms with Gasteiger partial charge in [-0.25, -0.2) is 0 Å². The summed E-state index contributed by atoms with van der Waals surface area (Å²) in [5.41, 5.74) is 21.6. The third-order valence-corrected chi connectivity index (χ3v) is 19.2. The van der Waals surface area contributed by atoms with Crippen LogP contribution in [-0.4, -0.2) is 6.85 Å². The van der Waals surface area contributed by atoms with Crippen LogP contribution in [0.1, 0.15) is 103 Å². The molecule has 0 bridgehead atoms. The lowest BCUT2D eigenvalue weighted by atomic mass is 9.42. The Morgan fingerprint density at radius 3 is 1.99 bits per heavy atom. The number of hydrogen-bond donors (Lipinski definition) is 0. The van der Waals surface area contributed by atoms with Crippen LogP contribution >= 0.6 is 22.7 Å². The van der Waals surface area contributed by atoms with Crippen molar-refractivity contribution in [2.45, 2.75) is 96.8 Å². The molecule has 2 aromatic heterocycles. The average molecular weight is 915 g/mol. The van der Waals surface area contributed by atoms with Crippen LogP contribution in [0.2, 0.25) is 0 Å². The average Bonchev–Trinajstić information content (AvgIpc) is 3.88. The fourth-order valence-electron chi connectivity index (χ4n) is 13.0. The number of para-hydroxylation sites is 2. The van der Waals surface area contributed by atoms with Gasteiger partial charge in [-0.05, 0) is 122 Å². The molecule has 68 heavy (non-hydrogen) atoms. The monoisotopic (exact) mass is 914 g/mol. The number of hydrogen-bond acceptors (Lipinski definition) is 4. The Labute approximate surface area is 409 Å². The van der Waals surface area contributed by atoms with Gasteiger partial charge in [0.25, 0.3) is 0 Å². The second kappa shape index (κ2) is 13.6. The number of rotatable bonds is 2. The van der Waals surface area contributed by atoms with Crippen molar-refractivity contribution in [3.05, 3.63) is 173 Å². The highest BCUT2D eigenvalue weighted by molar-refractivity contribution is 7.27. The van der Waals surface area contributed by atoms with Gasteiger partial charge in [0, 0.05) is 85.2 Å². The molecule has 14 rings (SSSR count). The van der Waals surface area contributed by atoms with E-state index in [2.05, 4.69) is 218 Å². The van der Waals surface area contributed by atoms with E-state index in [1.54, 1.807) is 0 Å². The molecule has 4 aliphatic rings. The topological polar surface area (TPSA) is 6.48 Å². The molecule has 8 aromatic carbocycles. The SMILES string of the molecule is CC(C)(C)c1ccc(N2c3cc4sc5cc6c(cc5c4cc3B3c4c2cc2c(sc5ccccc52)c4-c2cccc4c2N3c2ccccc2C4(C)C)C(C)(C)CCC6(C)C)c(-c2ccccc2)c1. The predicted octanol–water partition coefficient (Wildman–Crippen LogP) is 17.1. The van der Waals surface area contributed by atoms with E-state index >= 15 is 0 Å². The maximum Gasteiger partial charge on any atom is 0.333 e. The van der Waals surface area contributed by atoms with E-state index in [1.165, 1.54) is 143 Å². The minimum absolute atomic E-state index is 0.0248. The first kappa shape index (κ1) is 40.9. The van der Waals surface area contributed by atoms with Crippen LogP contribution in [-0.2, 0) is 21.7 Å². The lowest BCUT2D eigenvalue weighted by molar-refractivity contribution is 0.332. The number of fused-ring (bicyclic) bond motifs is 14. The molecule has 0 N–H and O–H groups in total. The van der Waals surface area contributed by atoms with E-state index in [9.17, 15) is 0 Å². The molecule has 3 aliphatic heterocycles. The van der Waals surface area contributed by atoms with E-state index in [0.717, 1.165) is 0 Å². The highest BCUT2D eigenvalue weighted by atomic mass is 32.1. The second-order valence-corrected chi connectivity index (χ2v) is 25.3. The lowest BCUT2D eigenvalue weighted by Gasteiger charge is -2.51. The quantitative estimate of drug-likeness (QED) is 0.159. The molecule has 10 aromatic rings. The Morgan fingerprint density at radius 1 is 0.500 bits per heavy atom. The van der Waals surface area contributed by atoms with Gasteiger partial charge in [-0.1, -0.05) is 159 Å². The number of nitrogens with zero attached hydrogens (tertiary/aromatic N) is 2. The Morgan fingerprint density at radius 2 is 1.19 bits per heavy atom. The van der Waals surface area contributed by atoms with Crippen LogP contribution in [0, 0.1) is 0 Å². The van der Waals surface area contributed by atoms with Gasteiger partial charge in [0.2, 0.25) is 0 Å². The minimum Gasteiger partial charge on any atom is -0.376 e. The van der Waals surface area contributed by atoms with Crippen molar-refractivity contribution in [1.29, 1.82) is 0 Å². The summed E-state index contributed by atoms with van der Waals surface area (Å²) >= 11 is 3.95. The molecule has 0 spiro atoms. The Hall–Kier alpha value is -6.14. The molecule has 0 atom stereocenters. The summed E-state index contributed by atoms with van der Waals surface area (Å²) in [4.78, 5) is 5.47. The molecule has 1 aliphatic carbocycles. The van der Waals surface area contributed by atoms with Crippen LogP contribution in [0.25, 0.3) is 62.6 Å². The van der Waals surface area contributed by atoms with E-state index in [-0.39, 0.29) is 28.5 Å². The zero-order valence-corrected chi connectivity index (χ0v) is 42.2. The first-order valence-corrected chi connectivity index (χ1v) is 26.3. The van der Waals surface area contributed by atoms with Gasteiger partial charge < -0.3 is 9.71 Å². The Balaban J connectivity index is 1.17. The molecule has 0 saturated heterocycles. The minimum atomic E-state index is -0.192. The maximum absolute atomic E-state index is 2.78. The van der Waals surface area contributed by atoms with Crippen LogP contribution in [0.4, 0.5) is 28.4 Å². The fourth-order valence-corrected chi connectivity index (χ4v) is 15.4. The molecule has 5 heterocycles. The van der Waals surface area contributed by atoms with E-state index in [0.29, 0.717) is 0 Å². The Kier molecular flexibility index (Phi) is 8.15. The van der Waals surface area contributed by atoms with Crippen molar-refractivity contribution in [2.24, 2.45) is 0 Å². The van der Waals surface area contributed by atoms with Crippen molar-refractivity contribution >= 4 is 109 Å². The summed E-state index contributed by atoms with van der Waals surface area (Å²) in [5.74, 6) is 0. The molecule has 5 heteroatoms. The highest BCUT2D eigenvalue weighted by Gasteiger charge is 2.51. The number of thiophene rings is 2. The summed E-state index contributed by atoms with van der Waals surface area (Å²) < 4.78 is 5.45. The van der Waals surface area contributed by atoms with Gasteiger partial charge >= 0.3 is 6.85 Å². The van der Waals surface area contributed by atoms with Gasteiger partial charge in [0.05, 0.1) is 5.69 Å². The van der Waals surface area contributed by atoms with E-state index in [4.69, 9.17) is 0 Å². The lowest BCUT2D eigenvalue weighted by Crippen LogP contribution is -2.63. The normalized spacial score (nSPS) is 17.0. The van der Waals surface area contributed by atoms with Crippen molar-refractivity contribution in [3.63, 3.8) is 0 Å². The smallest absolute Gasteiger partial charge is 0.333 e. The van der Waals surface area contributed by atoms with Crippen LogP contribution in [0.15, 0.2) is 146 Å². The molecule has 0 amide bonds. The number of anilines is 5. The van der Waals surface area contributed by atoms with Crippen molar-refractivity contribution in [3.8, 4) is 22.3 Å². The molecule has 2 nitrogen and oxygen atoms in total. The van der Waals surface area contributed by atoms with Gasteiger partial charge in [-0.2, -0.15) is 0 Å². The van der Waals surface area contributed by atoms with Gasteiger partial charge in [-0.15, -0.1) is 22.7 Å². The standard InChI is InChI=1S/C63H55BN2S2/c1-60(2,3)37-26-27-49(40(30-37)36-18-11-10-12-19-36)65-51-35-55-42(41-31-46-47(34-54(41)67-55)62(6,7)29-28-61(46,4)5)32-48(51)64-57-52(65)33-43-38-20-13-16-25-53(38)68-59(43)56(57)39-21-17-23-45-58(39)66(64)50-24-15-14-22-44(50)63(45,8)9/h10-27,30-35H,28-29H2,1-9H3. The number of benzene rings is 8. The first-order chi connectivity index (χ1) is 32.6. The first-order valence-electron chi connectivity index (χ1n) is 24.7. The zero-order chi connectivity index (χ0) is 46.4. The molecule has 0 radical (unpaired) electrons. The van der Waals surface area contributed by atoms with E-state index in [1.807, 2.05) is 22.7 Å². The summed E-state index contributed by atoms with van der Waals surface area (Å²) in [6.07, 6.45) is 2.40. The Bertz CT molecular complexity index is 3840. The largest absolute Gasteiger partial charge is 0.376 e. The molecule has 0 fully saturated rings. The second-order valence-electron chi connectivity index (χ2n) is 23.1. The van der Waals surface area contributed by atoms with Crippen molar-refractivity contribution in [1.82, 2.24) is 0 Å². The van der Waals surface area contributed by atoms with Gasteiger partial charge in [-0.3, -0.25) is 0 Å². The van der Waals surface area contributed by atoms with Gasteiger partial charge in [0.1, 0.15) is 0 Å². The molecule has 0 unspecified atom stereocenters. The summed E-state index contributed by atoms with van der Waals surface area (Å²) in [7, 11) is 0. The third-order valence-electron chi connectivity index (χ3n) is 16.8. The van der Waals surface area contributed by atoms with Crippen LogP contribution in [0.5, 0.6) is 0 Å². The van der Waals surface area contributed by atoms with Crippen LogP contribution in [0.3, 0.4) is 0 Å². The fraction of sp³-hybridized carbons (Fsp3) is 0.238. The maximum atomic E-state index is 2.78. The predicted molar refractivity (Wildman–Crippen MR) is 297 cm³/mol. The third kappa shape index (κ3) is 5.41. The summed E-state index contributed by atoms with van der Waals surface area (Å²) in [5, 5.41) is 5.42. The zero-order valence-electron chi connectivity index (χ0n) is 40.6. The van der Waals surface area contributed by atoms with Gasteiger partial charge in [0.15, 0.2) is 0 Å². The molecular weight excluding hydrogens is 860 g/mol. The molecular formula is C63H55BN2S2. The summed E-state index contributed by atoms with van der Waals surface area (Å²) in [6, 6.07) is 57.0. The van der Waals surface area contributed by atoms with Crippen molar-refractivity contribution < 1.29 is 0 Å². The highest BCUT2D eigenvalue weighted by Crippen LogP contribution is 2.59. The molecule has 332 valence electrons. The van der Waals surface area contributed by atoms with E-state index < -0.39 is 0 Å².